The van der Waals surface area contributed by atoms with Crippen LogP contribution in [0.25, 0.3) is 0 Å². The van der Waals surface area contributed by atoms with Gasteiger partial charge in [-0.15, -0.1) is 0 Å². The van der Waals surface area contributed by atoms with Crippen molar-refractivity contribution in [1.29, 1.82) is 5.26 Å². The number of ketones is 1. The largest absolute Gasteiger partial charge is 0.350 e. The first kappa shape index (κ1) is 9.53. The van der Waals surface area contributed by atoms with Crippen molar-refractivity contribution in [3.63, 3.8) is 0 Å². The number of rotatable bonds is 2. The summed E-state index contributed by atoms with van der Waals surface area (Å²) in [6, 6.07) is 2.01. The zero-order valence-electron chi connectivity index (χ0n) is 7.63. The number of hydrogen-bond donors (Lipinski definition) is 1. The molecule has 0 heterocycles. The Morgan fingerprint density at radius 1 is 1.69 bits per heavy atom. The molecule has 0 saturated carbocycles. The molecule has 0 saturated heterocycles. The molecule has 0 aliphatic heterocycles. The molecule has 0 fully saturated rings. The number of hydrogen-bond acceptors (Lipinski definition) is 3. The third-order valence-corrected chi connectivity index (χ3v) is 1.91. The van der Waals surface area contributed by atoms with Crippen molar-refractivity contribution in [3.8, 4) is 6.07 Å². The summed E-state index contributed by atoms with van der Waals surface area (Å²) in [4.78, 5) is 11.0. The van der Waals surface area contributed by atoms with Crippen LogP contribution in [0.3, 0.4) is 0 Å². The van der Waals surface area contributed by atoms with Gasteiger partial charge in [-0.1, -0.05) is 6.08 Å². The quantitative estimate of drug-likeness (QED) is 0.651. The molecular formula is C10H12N2O. The molecular weight excluding hydrogens is 164 g/mol. The van der Waals surface area contributed by atoms with Gasteiger partial charge in [-0.05, 0) is 19.8 Å². The van der Waals surface area contributed by atoms with Crippen LogP contribution in [0.5, 0.6) is 0 Å². The summed E-state index contributed by atoms with van der Waals surface area (Å²) in [5, 5.41) is 11.6. The Bertz CT molecular complexity index is 307. The third-order valence-electron chi connectivity index (χ3n) is 1.91. The molecule has 0 bridgehead atoms. The highest BCUT2D eigenvalue weighted by atomic mass is 16.1. The number of carbonyl (C=O) groups is 1. The molecule has 0 atom stereocenters. The minimum Gasteiger partial charge on any atom is -0.350 e. The summed E-state index contributed by atoms with van der Waals surface area (Å²) in [6.45, 7) is 1.79. The lowest BCUT2D eigenvalue weighted by molar-refractivity contribution is -0.115. The van der Waals surface area contributed by atoms with Crippen molar-refractivity contribution >= 4 is 5.78 Å². The van der Waals surface area contributed by atoms with Gasteiger partial charge in [0, 0.05) is 18.2 Å². The molecule has 3 nitrogen and oxygen atoms in total. The van der Waals surface area contributed by atoms with E-state index in [9.17, 15) is 4.79 Å². The first-order valence-electron chi connectivity index (χ1n) is 4.33. The van der Waals surface area contributed by atoms with Gasteiger partial charge in [0.2, 0.25) is 0 Å². The highest BCUT2D eigenvalue weighted by Crippen LogP contribution is 2.13. The van der Waals surface area contributed by atoms with Gasteiger partial charge in [-0.25, -0.2) is 0 Å². The fourth-order valence-corrected chi connectivity index (χ4v) is 1.23. The van der Waals surface area contributed by atoms with Gasteiger partial charge in [0.05, 0.1) is 0 Å². The average Bonchev–Trinajstić information content (AvgIpc) is 2.14. The second kappa shape index (κ2) is 4.46. The van der Waals surface area contributed by atoms with Gasteiger partial charge in [-0.3, -0.25) is 4.79 Å². The highest BCUT2D eigenvalue weighted by Gasteiger charge is 2.09. The maximum absolute atomic E-state index is 11.0. The van der Waals surface area contributed by atoms with Crippen LogP contribution in [0.15, 0.2) is 23.5 Å². The van der Waals surface area contributed by atoms with Crippen molar-refractivity contribution < 1.29 is 4.79 Å². The van der Waals surface area contributed by atoms with E-state index in [0.717, 1.165) is 18.5 Å². The Morgan fingerprint density at radius 2 is 2.46 bits per heavy atom. The van der Waals surface area contributed by atoms with Crippen LogP contribution in [0.4, 0.5) is 0 Å². The number of nitrogens with zero attached hydrogens (tertiary/aromatic N) is 1. The molecule has 0 aromatic carbocycles. The number of allylic oxidation sites excluding steroid dienone is 4. The van der Waals surface area contributed by atoms with E-state index in [-0.39, 0.29) is 5.78 Å². The number of carbonyl (C=O) groups excluding carboxylic acids is 1. The topological polar surface area (TPSA) is 52.9 Å². The Hall–Kier alpha value is -1.56. The monoisotopic (exact) mass is 176 g/mol. The smallest absolute Gasteiger partial charge is 0.157 e. The maximum atomic E-state index is 11.0. The normalized spacial score (nSPS) is 17.7. The second-order valence-corrected chi connectivity index (χ2v) is 2.93. The fourth-order valence-electron chi connectivity index (χ4n) is 1.23. The summed E-state index contributed by atoms with van der Waals surface area (Å²) >= 11 is 0. The van der Waals surface area contributed by atoms with Crippen LogP contribution in [-0.2, 0) is 4.79 Å². The van der Waals surface area contributed by atoms with Gasteiger partial charge in [0.1, 0.15) is 11.8 Å². The van der Waals surface area contributed by atoms with Crippen LogP contribution in [0, 0.1) is 11.3 Å². The van der Waals surface area contributed by atoms with Crippen molar-refractivity contribution in [3.05, 3.63) is 23.5 Å². The van der Waals surface area contributed by atoms with Gasteiger partial charge < -0.3 is 5.32 Å². The molecule has 0 amide bonds. The van der Waals surface area contributed by atoms with E-state index in [1.54, 1.807) is 19.1 Å². The molecule has 13 heavy (non-hydrogen) atoms. The molecule has 0 aromatic rings. The molecule has 68 valence electrons. The van der Waals surface area contributed by atoms with E-state index < -0.39 is 0 Å². The van der Waals surface area contributed by atoms with E-state index in [0.29, 0.717) is 12.1 Å². The Balaban J connectivity index is 2.64. The van der Waals surface area contributed by atoms with Crippen molar-refractivity contribution in [1.82, 2.24) is 5.32 Å². The highest BCUT2D eigenvalue weighted by molar-refractivity contribution is 5.91. The Labute approximate surface area is 77.7 Å². The SMILES string of the molecule is C/C=C(\C#N)NC1=CC(=O)CCC1. The van der Waals surface area contributed by atoms with E-state index in [1.807, 2.05) is 6.07 Å². The minimum atomic E-state index is 0.141. The molecule has 1 rings (SSSR count). The van der Waals surface area contributed by atoms with E-state index in [2.05, 4.69) is 5.32 Å². The summed E-state index contributed by atoms with van der Waals surface area (Å²) in [7, 11) is 0. The summed E-state index contributed by atoms with van der Waals surface area (Å²) in [6.07, 6.45) is 5.64. The van der Waals surface area contributed by atoms with Crippen LogP contribution in [-0.4, -0.2) is 5.78 Å². The lowest BCUT2D eigenvalue weighted by Gasteiger charge is -2.12. The predicted molar refractivity (Wildman–Crippen MR) is 49.4 cm³/mol. The van der Waals surface area contributed by atoms with E-state index in [1.165, 1.54) is 0 Å². The van der Waals surface area contributed by atoms with Gasteiger partial charge in [-0.2, -0.15) is 5.26 Å². The zero-order chi connectivity index (χ0) is 9.68. The lowest BCUT2D eigenvalue weighted by Crippen LogP contribution is -2.16. The van der Waals surface area contributed by atoms with Gasteiger partial charge >= 0.3 is 0 Å². The molecule has 3 heteroatoms. The van der Waals surface area contributed by atoms with Crippen LogP contribution in [0.2, 0.25) is 0 Å². The van der Waals surface area contributed by atoms with Crippen molar-refractivity contribution in [2.45, 2.75) is 26.2 Å². The number of nitrogens with one attached hydrogen (secondary N) is 1. The lowest BCUT2D eigenvalue weighted by atomic mass is 10.0. The standard InChI is InChI=1S/C10H12N2O/c1-2-8(7-11)12-9-4-3-5-10(13)6-9/h2,6,12H,3-5H2,1H3/b8-2+. The third kappa shape index (κ3) is 2.75. The Morgan fingerprint density at radius 3 is 3.00 bits per heavy atom. The zero-order valence-corrected chi connectivity index (χ0v) is 7.63. The van der Waals surface area contributed by atoms with Crippen molar-refractivity contribution in [2.24, 2.45) is 0 Å². The molecule has 0 unspecified atom stereocenters. The molecule has 1 aliphatic carbocycles. The molecule has 0 aromatic heterocycles. The van der Waals surface area contributed by atoms with Gasteiger partial charge in [0.15, 0.2) is 5.78 Å². The maximum Gasteiger partial charge on any atom is 0.157 e. The molecule has 1 N–H and O–H groups in total. The van der Waals surface area contributed by atoms with Crippen LogP contribution < -0.4 is 5.32 Å². The van der Waals surface area contributed by atoms with Crippen molar-refractivity contribution in [2.75, 3.05) is 0 Å². The second-order valence-electron chi connectivity index (χ2n) is 2.93. The first-order chi connectivity index (χ1) is 6.26. The number of nitriles is 1. The fraction of sp³-hybridized carbons (Fsp3) is 0.400. The molecule has 0 radical (unpaired) electrons. The average molecular weight is 176 g/mol. The summed E-state index contributed by atoms with van der Waals surface area (Å²) in [5.74, 6) is 0.141. The minimum absolute atomic E-state index is 0.141. The van der Waals surface area contributed by atoms with Crippen LogP contribution in [0.1, 0.15) is 26.2 Å². The first-order valence-corrected chi connectivity index (χ1v) is 4.33. The van der Waals surface area contributed by atoms with E-state index in [4.69, 9.17) is 5.26 Å². The predicted octanol–water partition coefficient (Wildman–Crippen LogP) is 1.64. The molecule has 1 aliphatic rings. The molecule has 0 spiro atoms. The summed E-state index contributed by atoms with van der Waals surface area (Å²) in [5.41, 5.74) is 1.35. The van der Waals surface area contributed by atoms with Crippen LogP contribution >= 0.6 is 0 Å². The Kier molecular flexibility index (Phi) is 3.27. The van der Waals surface area contributed by atoms with E-state index >= 15 is 0 Å². The summed E-state index contributed by atoms with van der Waals surface area (Å²) < 4.78 is 0. The van der Waals surface area contributed by atoms with Gasteiger partial charge in [0.25, 0.3) is 0 Å².